The van der Waals surface area contributed by atoms with Crippen LogP contribution in [0.15, 0.2) is 47.4 Å². The Morgan fingerprint density at radius 1 is 1.13 bits per heavy atom. The van der Waals surface area contributed by atoms with E-state index >= 15 is 0 Å². The van der Waals surface area contributed by atoms with E-state index < -0.39 is 21.7 Å². The number of fused-ring (bicyclic) bond motifs is 1. The molecule has 0 bridgehead atoms. The monoisotopic (exact) mass is 480 g/mol. The first-order valence-corrected chi connectivity index (χ1v) is 12.1. The number of nitrogens with zero attached hydrogens (tertiary/aromatic N) is 3. The average molecular weight is 481 g/mol. The summed E-state index contributed by atoms with van der Waals surface area (Å²) in [4.78, 5) is 30.5. The van der Waals surface area contributed by atoms with Crippen LogP contribution < -0.4 is 10.2 Å². The van der Waals surface area contributed by atoms with Gasteiger partial charge in [0.05, 0.1) is 20.9 Å². The van der Waals surface area contributed by atoms with Gasteiger partial charge in [0.1, 0.15) is 0 Å². The first-order valence-electron chi connectivity index (χ1n) is 9.26. The van der Waals surface area contributed by atoms with E-state index in [1.54, 1.807) is 12.1 Å². The van der Waals surface area contributed by atoms with Crippen LogP contribution in [-0.4, -0.2) is 56.5 Å². The molecule has 2 amide bonds. The second-order valence-corrected chi connectivity index (χ2v) is 10.6. The van der Waals surface area contributed by atoms with Gasteiger partial charge in [0, 0.05) is 22.9 Å². The maximum absolute atomic E-state index is 12.7. The summed E-state index contributed by atoms with van der Waals surface area (Å²) in [6, 6.07) is 10.5. The fraction of sp³-hybridized carbons (Fsp3) is 0.250. The van der Waals surface area contributed by atoms with Gasteiger partial charge >= 0.3 is 0 Å². The summed E-state index contributed by atoms with van der Waals surface area (Å²) in [5.41, 5.74) is 6.14. The summed E-state index contributed by atoms with van der Waals surface area (Å²) in [6.07, 6.45) is 0.523. The third kappa shape index (κ3) is 5.40. The van der Waals surface area contributed by atoms with Crippen molar-refractivity contribution in [3.05, 3.63) is 53.6 Å². The number of rotatable bonds is 8. The molecule has 0 aliphatic rings. The molecule has 0 radical (unpaired) electrons. The predicted octanol–water partition coefficient (Wildman–Crippen LogP) is 2.92. The van der Waals surface area contributed by atoms with Crippen molar-refractivity contribution in [3.63, 3.8) is 0 Å². The van der Waals surface area contributed by atoms with Crippen LogP contribution in [0.4, 0.5) is 5.13 Å². The van der Waals surface area contributed by atoms with Crippen molar-refractivity contribution in [3.8, 4) is 0 Å². The second kappa shape index (κ2) is 9.31. The Morgan fingerprint density at radius 2 is 1.84 bits per heavy atom. The van der Waals surface area contributed by atoms with Gasteiger partial charge < -0.3 is 10.6 Å². The number of thiazole rings is 1. The Morgan fingerprint density at radius 3 is 2.52 bits per heavy atom. The van der Waals surface area contributed by atoms with Crippen LogP contribution in [0.5, 0.6) is 0 Å². The Bertz CT molecular complexity index is 1240. The van der Waals surface area contributed by atoms with Gasteiger partial charge in [-0.05, 0) is 63.5 Å². The number of halogens is 1. The number of aromatic nitrogens is 1. The fourth-order valence-corrected chi connectivity index (χ4v) is 5.40. The number of hydrogen-bond acceptors (Lipinski definition) is 7. The molecule has 0 aliphatic heterocycles. The normalized spacial score (nSPS) is 11.7. The lowest BCUT2D eigenvalue weighted by Gasteiger charge is -2.10. The van der Waals surface area contributed by atoms with Gasteiger partial charge in [0.2, 0.25) is 11.0 Å². The van der Waals surface area contributed by atoms with Gasteiger partial charge in [-0.25, -0.2) is 13.4 Å². The van der Waals surface area contributed by atoms with Crippen molar-refractivity contribution in [2.45, 2.75) is 11.3 Å². The number of carbonyl (C=O) groups excluding carboxylic acids is 2. The molecular formula is C20H21ClN4O4S2. The Labute approximate surface area is 189 Å². The quantitative estimate of drug-likeness (QED) is 0.496. The Hall–Kier alpha value is -2.53. The zero-order valence-corrected chi connectivity index (χ0v) is 19.3. The van der Waals surface area contributed by atoms with Crippen LogP contribution in [-0.2, 0) is 9.84 Å². The largest absolute Gasteiger partial charge is 0.366 e. The van der Waals surface area contributed by atoms with Crippen molar-refractivity contribution >= 4 is 60.1 Å². The number of anilines is 1. The average Bonchev–Trinajstić information content (AvgIpc) is 3.15. The van der Waals surface area contributed by atoms with Gasteiger partial charge in [-0.1, -0.05) is 17.4 Å². The summed E-state index contributed by atoms with van der Waals surface area (Å²) in [5, 5.41) is 0.188. The van der Waals surface area contributed by atoms with E-state index in [-0.39, 0.29) is 26.9 Å². The number of nitrogens with two attached hydrogens (primary N) is 1. The van der Waals surface area contributed by atoms with Crippen LogP contribution in [0, 0.1) is 0 Å². The Kier molecular flexibility index (Phi) is 6.95. The molecule has 0 unspecified atom stereocenters. The third-order valence-corrected chi connectivity index (χ3v) is 7.68. The number of sulfone groups is 1. The van der Waals surface area contributed by atoms with E-state index in [1.807, 2.05) is 19.0 Å². The van der Waals surface area contributed by atoms with Crippen LogP contribution in [0.3, 0.4) is 0 Å². The van der Waals surface area contributed by atoms with Crippen LogP contribution in [0.1, 0.15) is 27.1 Å². The molecule has 11 heteroatoms. The fourth-order valence-electron chi connectivity index (χ4n) is 2.86. The van der Waals surface area contributed by atoms with Gasteiger partial charge in [-0.15, -0.1) is 0 Å². The molecule has 164 valence electrons. The lowest BCUT2D eigenvalue weighted by molar-refractivity contribution is 0.1000. The molecule has 31 heavy (non-hydrogen) atoms. The van der Waals surface area contributed by atoms with E-state index in [4.69, 9.17) is 17.5 Å². The number of amides is 2. The highest BCUT2D eigenvalue weighted by Crippen LogP contribution is 2.32. The minimum Gasteiger partial charge on any atom is -0.366 e. The van der Waals surface area contributed by atoms with Gasteiger partial charge in [0.15, 0.2) is 9.84 Å². The summed E-state index contributed by atoms with van der Waals surface area (Å²) in [7, 11) is 0.344. The van der Waals surface area contributed by atoms with Crippen molar-refractivity contribution < 1.29 is 18.0 Å². The SMILES string of the molecule is CN(C)CCCS(=O)(=O)c1ccc2nc(N(Cl)C(=O)c3cccc(C(N)=O)c3)sc2c1. The van der Waals surface area contributed by atoms with E-state index in [9.17, 15) is 18.0 Å². The highest BCUT2D eigenvalue weighted by molar-refractivity contribution is 7.91. The lowest BCUT2D eigenvalue weighted by Crippen LogP contribution is -2.21. The molecule has 0 saturated carbocycles. The number of carbonyl (C=O) groups is 2. The van der Waals surface area contributed by atoms with E-state index in [0.717, 1.165) is 15.8 Å². The molecular weight excluding hydrogens is 460 g/mol. The maximum Gasteiger partial charge on any atom is 0.274 e. The molecule has 0 atom stereocenters. The summed E-state index contributed by atoms with van der Waals surface area (Å²) in [5.74, 6) is -1.20. The van der Waals surface area contributed by atoms with Crippen LogP contribution in [0.25, 0.3) is 10.2 Å². The number of primary amides is 1. The number of benzene rings is 2. The topological polar surface area (TPSA) is 114 Å². The zero-order chi connectivity index (χ0) is 22.8. The molecule has 0 aliphatic carbocycles. The van der Waals surface area contributed by atoms with Crippen molar-refractivity contribution in [1.82, 2.24) is 9.88 Å². The minimum absolute atomic E-state index is 0.0403. The molecule has 8 nitrogen and oxygen atoms in total. The summed E-state index contributed by atoms with van der Waals surface area (Å²) >= 11 is 7.31. The third-order valence-electron chi connectivity index (χ3n) is 4.47. The highest BCUT2D eigenvalue weighted by Gasteiger charge is 2.22. The summed E-state index contributed by atoms with van der Waals surface area (Å²) < 4.78 is 26.7. The van der Waals surface area contributed by atoms with Crippen molar-refractivity contribution in [2.75, 3.05) is 30.8 Å². The predicted molar refractivity (Wildman–Crippen MR) is 122 cm³/mol. The zero-order valence-electron chi connectivity index (χ0n) is 16.9. The van der Waals surface area contributed by atoms with Crippen LogP contribution >= 0.6 is 23.1 Å². The van der Waals surface area contributed by atoms with Gasteiger partial charge in [-0.2, -0.15) is 4.42 Å². The molecule has 2 N–H and O–H groups in total. The van der Waals surface area contributed by atoms with Crippen molar-refractivity contribution in [2.24, 2.45) is 5.73 Å². The molecule has 0 fully saturated rings. The highest BCUT2D eigenvalue weighted by atomic mass is 35.5. The first kappa shape index (κ1) is 23.1. The standard InChI is InChI=1S/C20H21ClN4O4S2/c1-24(2)9-4-10-31(28,29)15-7-8-16-17(12-15)30-20(23-16)25(21)19(27)14-6-3-5-13(11-14)18(22)26/h3,5-8,11-12H,4,9-10H2,1-2H3,(H2,22,26). The molecule has 1 aromatic heterocycles. The van der Waals surface area contributed by atoms with Gasteiger partial charge in [0.25, 0.3) is 5.91 Å². The molecule has 3 aromatic rings. The summed E-state index contributed by atoms with van der Waals surface area (Å²) in [6.45, 7) is 0.673. The second-order valence-electron chi connectivity index (χ2n) is 7.13. The molecule has 0 spiro atoms. The first-order chi connectivity index (χ1) is 14.6. The van der Waals surface area contributed by atoms with E-state index in [1.165, 1.54) is 30.3 Å². The van der Waals surface area contributed by atoms with E-state index in [0.29, 0.717) is 23.2 Å². The maximum atomic E-state index is 12.7. The molecule has 1 heterocycles. The Balaban J connectivity index is 1.85. The molecule has 2 aromatic carbocycles. The van der Waals surface area contributed by atoms with Crippen LogP contribution in [0.2, 0.25) is 0 Å². The van der Waals surface area contributed by atoms with Gasteiger partial charge in [-0.3, -0.25) is 9.59 Å². The smallest absolute Gasteiger partial charge is 0.274 e. The lowest BCUT2D eigenvalue weighted by atomic mass is 10.1. The minimum atomic E-state index is -3.44. The molecule has 0 saturated heterocycles. The van der Waals surface area contributed by atoms with Crippen molar-refractivity contribution in [1.29, 1.82) is 0 Å². The number of hydrogen-bond donors (Lipinski definition) is 1. The van der Waals surface area contributed by atoms with E-state index in [2.05, 4.69) is 4.98 Å². The molecule has 3 rings (SSSR count).